The van der Waals surface area contributed by atoms with Crippen LogP contribution in [0.1, 0.15) is 31.8 Å². The van der Waals surface area contributed by atoms with E-state index in [-0.39, 0.29) is 22.7 Å². The number of hydrogen-bond acceptors (Lipinski definition) is 3. The number of alkyl halides is 9. The lowest BCUT2D eigenvalue weighted by Crippen LogP contribution is -2.50. The number of amides is 1. The van der Waals surface area contributed by atoms with Gasteiger partial charge in [0.15, 0.2) is 11.6 Å². The largest absolute Gasteiger partial charge is 0.435 e. The standard InChI is InChI=1S/C25H12Cl2F11NO3/c26-15-6-10(23(32,24(33,34)35)25(36,37)38)7-19(42-22(30)31)14(15)9-18(40)13-2-1-3-17(20(13)29)39-21(41)12-5-4-11(28)8-16(12)27/h1-8,22H,9H2,(H,39,41). The molecule has 3 aromatic rings. The highest BCUT2D eigenvalue weighted by Crippen LogP contribution is 2.54. The van der Waals surface area contributed by atoms with Crippen LogP contribution >= 0.6 is 23.2 Å². The topological polar surface area (TPSA) is 55.4 Å². The van der Waals surface area contributed by atoms with Crippen LogP contribution in [-0.2, 0) is 12.1 Å². The second-order valence-electron chi connectivity index (χ2n) is 8.31. The first kappa shape index (κ1) is 32.9. The Labute approximate surface area is 238 Å². The minimum atomic E-state index is -6.62. The molecule has 0 aromatic heterocycles. The summed E-state index contributed by atoms with van der Waals surface area (Å²) in [5.74, 6) is -6.08. The number of nitrogens with one attached hydrogen (secondary N) is 1. The number of ketones is 1. The Balaban J connectivity index is 2.01. The number of carbonyl (C=O) groups excluding carboxylic acids is 2. The van der Waals surface area contributed by atoms with Crippen LogP contribution in [0.4, 0.5) is 54.0 Å². The summed E-state index contributed by atoms with van der Waals surface area (Å²) in [6.07, 6.45) is -14.5. The average Bonchev–Trinajstić information content (AvgIpc) is 2.84. The number of benzene rings is 3. The molecule has 1 N–H and O–H groups in total. The molecular formula is C25H12Cl2F11NO3. The minimum absolute atomic E-state index is 0.178. The Hall–Kier alpha value is -3.59. The minimum Gasteiger partial charge on any atom is -0.434 e. The third-order valence-electron chi connectivity index (χ3n) is 5.61. The van der Waals surface area contributed by atoms with Gasteiger partial charge in [0, 0.05) is 22.6 Å². The van der Waals surface area contributed by atoms with Crippen LogP contribution in [0, 0.1) is 11.6 Å². The summed E-state index contributed by atoms with van der Waals surface area (Å²) < 4.78 is 152. The molecule has 226 valence electrons. The summed E-state index contributed by atoms with van der Waals surface area (Å²) >= 11 is 11.5. The number of anilines is 1. The summed E-state index contributed by atoms with van der Waals surface area (Å²) in [4.78, 5) is 25.3. The fourth-order valence-corrected chi connectivity index (χ4v) is 4.16. The van der Waals surface area contributed by atoms with Crippen LogP contribution in [0.2, 0.25) is 10.0 Å². The summed E-state index contributed by atoms with van der Waals surface area (Å²) in [6, 6.07) is 4.98. The number of rotatable bonds is 8. The average molecular weight is 654 g/mol. The van der Waals surface area contributed by atoms with Crippen LogP contribution < -0.4 is 10.1 Å². The monoisotopic (exact) mass is 653 g/mol. The first-order valence-electron chi connectivity index (χ1n) is 11.0. The Kier molecular flexibility index (Phi) is 9.37. The molecule has 3 rings (SSSR count). The van der Waals surface area contributed by atoms with Gasteiger partial charge in [0.25, 0.3) is 5.91 Å². The van der Waals surface area contributed by atoms with E-state index in [1.807, 2.05) is 0 Å². The number of halogens is 13. The van der Waals surface area contributed by atoms with Crippen molar-refractivity contribution in [2.24, 2.45) is 0 Å². The molecule has 3 aromatic carbocycles. The van der Waals surface area contributed by atoms with Gasteiger partial charge in [-0.2, -0.15) is 35.1 Å². The predicted molar refractivity (Wildman–Crippen MR) is 127 cm³/mol. The maximum Gasteiger partial charge on any atom is 0.435 e. The molecule has 0 heterocycles. The third-order valence-corrected chi connectivity index (χ3v) is 6.26. The van der Waals surface area contributed by atoms with Crippen molar-refractivity contribution in [1.82, 2.24) is 0 Å². The van der Waals surface area contributed by atoms with E-state index in [0.717, 1.165) is 36.4 Å². The van der Waals surface area contributed by atoms with Gasteiger partial charge in [-0.05, 0) is 42.5 Å². The van der Waals surface area contributed by atoms with E-state index in [1.165, 1.54) is 0 Å². The first-order chi connectivity index (χ1) is 19.3. The fourth-order valence-electron chi connectivity index (χ4n) is 3.63. The maximum absolute atomic E-state index is 15.1. The molecule has 0 saturated heterocycles. The molecule has 0 radical (unpaired) electrons. The zero-order valence-electron chi connectivity index (χ0n) is 20.0. The molecule has 0 aliphatic carbocycles. The van der Waals surface area contributed by atoms with Crippen LogP contribution in [0.5, 0.6) is 5.75 Å². The molecule has 42 heavy (non-hydrogen) atoms. The van der Waals surface area contributed by atoms with Gasteiger partial charge in [0.05, 0.1) is 21.8 Å². The summed E-state index contributed by atoms with van der Waals surface area (Å²) in [5.41, 5.74) is -11.0. The summed E-state index contributed by atoms with van der Waals surface area (Å²) in [5, 5.41) is 0.501. The quantitative estimate of drug-likeness (QED) is 0.195. The van der Waals surface area contributed by atoms with Gasteiger partial charge < -0.3 is 10.1 Å². The van der Waals surface area contributed by atoms with Crippen molar-refractivity contribution in [3.05, 3.63) is 92.5 Å². The van der Waals surface area contributed by atoms with Crippen molar-refractivity contribution in [3.8, 4) is 5.75 Å². The third kappa shape index (κ3) is 6.56. The highest BCUT2D eigenvalue weighted by molar-refractivity contribution is 6.34. The highest BCUT2D eigenvalue weighted by atomic mass is 35.5. The summed E-state index contributed by atoms with van der Waals surface area (Å²) in [6.45, 7) is -3.88. The molecular weight excluding hydrogens is 642 g/mol. The summed E-state index contributed by atoms with van der Waals surface area (Å²) in [7, 11) is 0. The SMILES string of the molecule is O=C(Nc1cccc(C(=O)Cc2c(Cl)cc(C(F)(C(F)(F)F)C(F)(F)F)cc2OC(F)F)c1F)c1ccc(F)cc1Cl. The zero-order chi connectivity index (χ0) is 31.8. The van der Waals surface area contributed by atoms with Gasteiger partial charge in [0.1, 0.15) is 11.6 Å². The van der Waals surface area contributed by atoms with Gasteiger partial charge in [0.2, 0.25) is 0 Å². The van der Waals surface area contributed by atoms with E-state index in [2.05, 4.69) is 10.1 Å². The van der Waals surface area contributed by atoms with Gasteiger partial charge in [-0.15, -0.1) is 0 Å². The normalized spacial score (nSPS) is 12.4. The molecule has 0 spiro atoms. The van der Waals surface area contributed by atoms with Crippen LogP contribution in [0.3, 0.4) is 0 Å². The highest BCUT2D eigenvalue weighted by Gasteiger charge is 2.73. The molecule has 17 heteroatoms. The molecule has 1 amide bonds. The fraction of sp³-hybridized carbons (Fsp3) is 0.200. The Bertz CT molecular complexity index is 1510. The Morgan fingerprint density at radius 3 is 2.00 bits per heavy atom. The van der Waals surface area contributed by atoms with Gasteiger partial charge in [-0.1, -0.05) is 29.3 Å². The van der Waals surface area contributed by atoms with Crippen molar-refractivity contribution < 1.29 is 62.6 Å². The van der Waals surface area contributed by atoms with Gasteiger partial charge >= 0.3 is 24.6 Å². The molecule has 0 atom stereocenters. The van der Waals surface area contributed by atoms with Gasteiger partial charge in [-0.25, -0.2) is 13.2 Å². The molecule has 0 fully saturated rings. The Morgan fingerprint density at radius 1 is 0.833 bits per heavy atom. The number of hydrogen-bond donors (Lipinski definition) is 1. The Morgan fingerprint density at radius 2 is 1.45 bits per heavy atom. The molecule has 0 unspecified atom stereocenters. The molecule has 0 saturated carbocycles. The first-order valence-corrected chi connectivity index (χ1v) is 11.7. The molecule has 0 aliphatic rings. The lowest BCUT2D eigenvalue weighted by molar-refractivity contribution is -0.348. The van der Waals surface area contributed by atoms with E-state index >= 15 is 4.39 Å². The van der Waals surface area contributed by atoms with E-state index in [0.29, 0.717) is 0 Å². The van der Waals surface area contributed by atoms with Crippen LogP contribution in [-0.4, -0.2) is 30.7 Å². The van der Waals surface area contributed by atoms with E-state index in [9.17, 15) is 53.5 Å². The van der Waals surface area contributed by atoms with Crippen molar-refractivity contribution in [1.29, 1.82) is 0 Å². The van der Waals surface area contributed by atoms with E-state index < -0.39 is 87.5 Å². The predicted octanol–water partition coefficient (Wildman–Crippen LogP) is 8.84. The maximum atomic E-state index is 15.1. The molecule has 0 bridgehead atoms. The zero-order valence-corrected chi connectivity index (χ0v) is 21.6. The number of carbonyl (C=O) groups is 2. The van der Waals surface area contributed by atoms with Crippen LogP contribution in [0.25, 0.3) is 0 Å². The van der Waals surface area contributed by atoms with Crippen molar-refractivity contribution in [2.75, 3.05) is 5.32 Å². The number of ether oxygens (including phenoxy) is 1. The van der Waals surface area contributed by atoms with Crippen molar-refractivity contribution in [2.45, 2.75) is 31.1 Å². The lowest BCUT2D eigenvalue weighted by atomic mass is 9.91. The second kappa shape index (κ2) is 12.0. The smallest absolute Gasteiger partial charge is 0.434 e. The molecule has 4 nitrogen and oxygen atoms in total. The van der Waals surface area contributed by atoms with Crippen LogP contribution in [0.15, 0.2) is 48.5 Å². The van der Waals surface area contributed by atoms with Gasteiger partial charge in [-0.3, -0.25) is 9.59 Å². The number of Topliss-reactive ketones (excluding diaryl/α,β-unsaturated/α-hetero) is 1. The van der Waals surface area contributed by atoms with Crippen molar-refractivity contribution in [3.63, 3.8) is 0 Å². The van der Waals surface area contributed by atoms with E-state index in [1.54, 1.807) is 0 Å². The van der Waals surface area contributed by atoms with Crippen molar-refractivity contribution >= 4 is 40.6 Å². The lowest BCUT2D eigenvalue weighted by Gasteiger charge is -2.31. The second-order valence-corrected chi connectivity index (χ2v) is 9.13. The molecule has 0 aliphatic heterocycles. The van der Waals surface area contributed by atoms with E-state index in [4.69, 9.17) is 23.2 Å².